The molecule has 2 aromatic carbocycles. The predicted octanol–water partition coefficient (Wildman–Crippen LogP) is 7.33. The summed E-state index contributed by atoms with van der Waals surface area (Å²) in [4.78, 5) is 4.94. The van der Waals surface area contributed by atoms with Crippen LogP contribution in [-0.2, 0) is 9.92 Å². The molecule has 10 heteroatoms. The average molecular weight is 533 g/mol. The van der Waals surface area contributed by atoms with Crippen molar-refractivity contribution in [3.8, 4) is 5.75 Å². The molecule has 0 bridgehead atoms. The van der Waals surface area contributed by atoms with Crippen molar-refractivity contribution in [3.63, 3.8) is 0 Å². The van der Waals surface area contributed by atoms with E-state index in [2.05, 4.69) is 53.6 Å². The number of nitrogens with one attached hydrogen (secondary N) is 2. The van der Waals surface area contributed by atoms with Gasteiger partial charge < -0.3 is 10.1 Å². The molecular weight excluding hydrogens is 498 g/mol. The van der Waals surface area contributed by atoms with Crippen LogP contribution in [0.25, 0.3) is 10.9 Å². The zero-order chi connectivity index (χ0) is 26.1. The van der Waals surface area contributed by atoms with Gasteiger partial charge in [-0.2, -0.15) is 8.78 Å². The third-order valence-corrected chi connectivity index (χ3v) is 14.8. The molecule has 0 spiro atoms. The summed E-state index contributed by atoms with van der Waals surface area (Å²) in [5, 5.41) is 4.10. The number of pyridine rings is 1. The van der Waals surface area contributed by atoms with Crippen molar-refractivity contribution in [2.75, 3.05) is 11.9 Å². The first-order valence-corrected chi connectivity index (χ1v) is 16.6. The molecule has 36 heavy (non-hydrogen) atoms. The number of nitrogens with zero attached hydrogens (tertiary/aromatic N) is 2. The van der Waals surface area contributed by atoms with Crippen LogP contribution in [0.4, 0.5) is 20.2 Å². The molecule has 1 fully saturated rings. The van der Waals surface area contributed by atoms with Gasteiger partial charge in [0.1, 0.15) is 15.7 Å². The van der Waals surface area contributed by atoms with Crippen LogP contribution < -0.4 is 14.8 Å². The first-order valence-electron chi connectivity index (χ1n) is 12.1. The third-order valence-electron chi connectivity index (χ3n) is 6.85. The van der Waals surface area contributed by atoms with Gasteiger partial charge in [-0.05, 0) is 79.4 Å². The third kappa shape index (κ3) is 6.22. The van der Waals surface area contributed by atoms with E-state index < -0.39 is 24.8 Å². The Morgan fingerprint density at radius 3 is 2.44 bits per heavy atom. The summed E-state index contributed by atoms with van der Waals surface area (Å²) in [6, 6.07) is 14.0. The summed E-state index contributed by atoms with van der Waals surface area (Å²) in [6.07, 6.45) is 3.94. The molecule has 6 nitrogen and oxygen atoms in total. The van der Waals surface area contributed by atoms with E-state index in [1.807, 2.05) is 30.3 Å². The Hall–Kier alpha value is -2.56. The van der Waals surface area contributed by atoms with Gasteiger partial charge in [-0.1, -0.05) is 20.8 Å². The maximum absolute atomic E-state index is 14.2. The van der Waals surface area contributed by atoms with Crippen LogP contribution in [0.3, 0.4) is 0 Å². The summed E-state index contributed by atoms with van der Waals surface area (Å²) in [5.74, 6) is 0.637. The molecule has 0 aliphatic heterocycles. The number of alkyl halides is 2. The van der Waals surface area contributed by atoms with Gasteiger partial charge >= 0.3 is 6.61 Å². The van der Waals surface area contributed by atoms with E-state index in [4.69, 9.17) is 4.03 Å². The zero-order valence-electron chi connectivity index (χ0n) is 21.3. The molecule has 0 saturated heterocycles. The molecule has 0 radical (unpaired) electrons. The highest BCUT2D eigenvalue weighted by atomic mass is 32.2. The number of anilines is 2. The molecule has 1 aliphatic carbocycles. The van der Waals surface area contributed by atoms with Crippen LogP contribution in [0.15, 0.2) is 63.7 Å². The first kappa shape index (κ1) is 26.5. The molecule has 4 rings (SSSR count). The average Bonchev–Trinajstić information content (AvgIpc) is 3.61. The normalized spacial score (nSPS) is 16.1. The number of hydrogen-bond donors (Lipinski definition) is 2. The number of hydrogen-bond acceptors (Lipinski definition) is 5. The van der Waals surface area contributed by atoms with E-state index in [9.17, 15) is 13.0 Å². The number of benzene rings is 2. The minimum Gasteiger partial charge on any atom is -0.435 e. The van der Waals surface area contributed by atoms with Crippen LogP contribution in [0.1, 0.15) is 33.6 Å². The minimum atomic E-state index is -2.89. The summed E-state index contributed by atoms with van der Waals surface area (Å²) >= 11 is 0. The lowest BCUT2D eigenvalue weighted by Gasteiger charge is -2.33. The van der Waals surface area contributed by atoms with Crippen LogP contribution >= 0.6 is 0 Å². The molecule has 194 valence electrons. The monoisotopic (exact) mass is 532 g/mol. The smallest absolute Gasteiger partial charge is 0.387 e. The second kappa shape index (κ2) is 10.1. The lowest BCUT2D eigenvalue weighted by atomic mass is 10.1. The Bertz CT molecular complexity index is 1350. The molecule has 0 unspecified atom stereocenters. The SMILES string of the molecule is CC(C)(C)[Si](C)(C)N=[S@](=O)(NCC1CC1)c1ccc(Nc2ccnc3cc(OC(F)F)ccc23)cc1. The highest BCUT2D eigenvalue weighted by Gasteiger charge is 2.38. The van der Waals surface area contributed by atoms with Crippen LogP contribution in [-0.4, -0.2) is 30.6 Å². The Morgan fingerprint density at radius 2 is 1.83 bits per heavy atom. The fourth-order valence-corrected chi connectivity index (χ4v) is 8.95. The second-order valence-corrected chi connectivity index (χ2v) is 17.9. The standard InChI is InChI=1S/C26H34F2N4O2SSi/c1-26(2,3)36(4,5)32-35(33,30-17-18-6-7-18)21-11-8-19(9-12-21)31-23-14-15-29-24-16-20(34-25(27)28)10-13-22(23)24/h8-16,18,25H,6-7,17H2,1-5H3,(H,29,31)(H,30,32,33)/t35-/m1/s1. The summed E-state index contributed by atoms with van der Waals surface area (Å²) in [5.41, 5.74) is 2.11. The van der Waals surface area contributed by atoms with Gasteiger partial charge in [-0.15, -0.1) is 0 Å². The van der Waals surface area contributed by atoms with Crippen molar-refractivity contribution in [2.45, 2.75) is 63.3 Å². The van der Waals surface area contributed by atoms with E-state index in [0.717, 1.165) is 16.8 Å². The maximum Gasteiger partial charge on any atom is 0.387 e. The molecule has 1 atom stereocenters. The van der Waals surface area contributed by atoms with Crippen LogP contribution in [0.5, 0.6) is 5.75 Å². The van der Waals surface area contributed by atoms with Gasteiger partial charge in [-0.3, -0.25) is 9.01 Å². The Labute approximate surface area is 213 Å². The number of halogens is 2. The van der Waals surface area contributed by atoms with Crippen LogP contribution in [0, 0.1) is 5.92 Å². The van der Waals surface area contributed by atoms with E-state index in [1.54, 1.807) is 12.3 Å². The zero-order valence-corrected chi connectivity index (χ0v) is 23.2. The highest BCUT2D eigenvalue weighted by molar-refractivity contribution is 7.92. The van der Waals surface area contributed by atoms with Gasteiger partial charge in [-0.25, -0.2) is 8.93 Å². The van der Waals surface area contributed by atoms with Gasteiger partial charge in [0.2, 0.25) is 0 Å². The molecule has 1 aliphatic rings. The largest absolute Gasteiger partial charge is 0.435 e. The van der Waals surface area contributed by atoms with Crippen molar-refractivity contribution in [2.24, 2.45) is 9.95 Å². The number of aromatic nitrogens is 1. The quantitative estimate of drug-likeness (QED) is 0.283. The van der Waals surface area contributed by atoms with Crippen molar-refractivity contribution in [1.82, 2.24) is 9.71 Å². The predicted molar refractivity (Wildman–Crippen MR) is 145 cm³/mol. The molecule has 0 amide bonds. The molecular formula is C26H34F2N4O2SSi. The van der Waals surface area contributed by atoms with Crippen LogP contribution in [0.2, 0.25) is 18.1 Å². The molecule has 2 N–H and O–H groups in total. The van der Waals surface area contributed by atoms with Gasteiger partial charge in [0, 0.05) is 35.6 Å². The number of fused-ring (bicyclic) bond motifs is 1. The van der Waals surface area contributed by atoms with Crippen molar-refractivity contribution in [1.29, 1.82) is 0 Å². The fraction of sp³-hybridized carbons (Fsp3) is 0.423. The second-order valence-electron chi connectivity index (χ2n) is 10.8. The lowest BCUT2D eigenvalue weighted by molar-refractivity contribution is -0.0497. The fourth-order valence-electron chi connectivity index (χ4n) is 3.47. The first-order chi connectivity index (χ1) is 16.9. The summed E-state index contributed by atoms with van der Waals surface area (Å²) < 4.78 is 52.1. The summed E-state index contributed by atoms with van der Waals surface area (Å²) in [7, 11) is -4.97. The molecule has 1 heterocycles. The summed E-state index contributed by atoms with van der Waals surface area (Å²) in [6.45, 7) is 8.63. The number of rotatable bonds is 9. The Morgan fingerprint density at radius 1 is 1.14 bits per heavy atom. The van der Waals surface area contributed by atoms with E-state index in [1.165, 1.54) is 25.0 Å². The van der Waals surface area contributed by atoms with Gasteiger partial charge in [0.05, 0.1) is 10.4 Å². The molecule has 1 aromatic heterocycles. The minimum absolute atomic E-state index is 0.0267. The molecule has 3 aromatic rings. The Kier molecular flexibility index (Phi) is 7.41. The van der Waals surface area contributed by atoms with Crippen molar-refractivity contribution in [3.05, 3.63) is 54.7 Å². The molecule has 1 saturated carbocycles. The number of ether oxygens (including phenoxy) is 1. The van der Waals surface area contributed by atoms with E-state index >= 15 is 0 Å². The lowest BCUT2D eigenvalue weighted by Crippen LogP contribution is -2.39. The van der Waals surface area contributed by atoms with E-state index in [-0.39, 0.29) is 10.8 Å². The Balaban J connectivity index is 1.62. The maximum atomic E-state index is 14.2. The van der Waals surface area contributed by atoms with Crippen molar-refractivity contribution >= 4 is 40.4 Å². The van der Waals surface area contributed by atoms with Gasteiger partial charge in [0.25, 0.3) is 0 Å². The van der Waals surface area contributed by atoms with Crippen molar-refractivity contribution < 1.29 is 17.7 Å². The van der Waals surface area contributed by atoms with E-state index in [0.29, 0.717) is 22.9 Å². The van der Waals surface area contributed by atoms with Gasteiger partial charge in [0.15, 0.2) is 8.24 Å². The highest BCUT2D eigenvalue weighted by Crippen LogP contribution is 2.38. The topological polar surface area (TPSA) is 75.6 Å².